The molecule has 5 heteroatoms. The topological polar surface area (TPSA) is 70.8 Å². The molecule has 1 unspecified atom stereocenters. The van der Waals surface area contributed by atoms with Gasteiger partial charge in [-0.05, 0) is 30.5 Å². The summed E-state index contributed by atoms with van der Waals surface area (Å²) in [6.45, 7) is 0. The average Bonchev–Trinajstić information content (AvgIpc) is 2.44. The van der Waals surface area contributed by atoms with Gasteiger partial charge < -0.3 is 19.9 Å². The normalized spacial score (nSPS) is 11.8. The predicted octanol–water partition coefficient (Wildman–Crippen LogP) is 1.53. The summed E-state index contributed by atoms with van der Waals surface area (Å²) in [5, 5.41) is 0. The third kappa shape index (κ3) is 5.18. The molecular formula is C14H21NO4. The molecule has 0 saturated heterocycles. The maximum Gasteiger partial charge on any atom is 0.305 e. The number of hydrogen-bond acceptors (Lipinski definition) is 5. The molecule has 19 heavy (non-hydrogen) atoms. The fourth-order valence-electron chi connectivity index (χ4n) is 1.79. The summed E-state index contributed by atoms with van der Waals surface area (Å²) in [6.07, 6.45) is 1.58. The van der Waals surface area contributed by atoms with Gasteiger partial charge in [-0.25, -0.2) is 0 Å². The summed E-state index contributed by atoms with van der Waals surface area (Å²) < 4.78 is 15.0. The summed E-state index contributed by atoms with van der Waals surface area (Å²) >= 11 is 0. The molecule has 106 valence electrons. The van der Waals surface area contributed by atoms with Gasteiger partial charge >= 0.3 is 5.97 Å². The van der Waals surface area contributed by atoms with Crippen molar-refractivity contribution in [3.63, 3.8) is 0 Å². The van der Waals surface area contributed by atoms with Gasteiger partial charge in [0.1, 0.15) is 11.5 Å². The lowest BCUT2D eigenvalue weighted by Crippen LogP contribution is -2.24. The molecule has 0 aromatic heterocycles. The van der Waals surface area contributed by atoms with Crippen LogP contribution in [0.15, 0.2) is 18.2 Å². The van der Waals surface area contributed by atoms with Crippen molar-refractivity contribution in [2.75, 3.05) is 21.3 Å². The van der Waals surface area contributed by atoms with E-state index >= 15 is 0 Å². The molecule has 0 heterocycles. The number of methoxy groups -OCH3 is 3. The minimum absolute atomic E-state index is 0.101. The van der Waals surface area contributed by atoms with Gasteiger partial charge in [-0.2, -0.15) is 0 Å². The Hall–Kier alpha value is -1.75. The molecule has 0 saturated carbocycles. The van der Waals surface area contributed by atoms with E-state index in [-0.39, 0.29) is 12.0 Å². The third-order valence-electron chi connectivity index (χ3n) is 2.86. The van der Waals surface area contributed by atoms with E-state index < -0.39 is 0 Å². The molecule has 5 nitrogen and oxygen atoms in total. The number of carbonyl (C=O) groups is 1. The number of hydrogen-bond donors (Lipinski definition) is 1. The lowest BCUT2D eigenvalue weighted by molar-refractivity contribution is -0.140. The van der Waals surface area contributed by atoms with Crippen molar-refractivity contribution >= 4 is 5.97 Å². The van der Waals surface area contributed by atoms with Crippen LogP contribution in [0.2, 0.25) is 0 Å². The average molecular weight is 267 g/mol. The number of ether oxygens (including phenoxy) is 3. The van der Waals surface area contributed by atoms with Crippen molar-refractivity contribution < 1.29 is 19.0 Å². The van der Waals surface area contributed by atoms with Crippen molar-refractivity contribution in [3.8, 4) is 11.5 Å². The molecule has 1 atom stereocenters. The van der Waals surface area contributed by atoms with E-state index in [4.69, 9.17) is 15.2 Å². The summed E-state index contributed by atoms with van der Waals surface area (Å²) in [6, 6.07) is 5.54. The standard InChI is InChI=1S/C14H21NO4/c1-17-12-7-10(8-13(9-12)18-2)6-11(15)4-5-14(16)19-3/h7-9,11H,4-6,15H2,1-3H3. The van der Waals surface area contributed by atoms with E-state index in [0.717, 1.165) is 17.1 Å². The number of nitrogens with two attached hydrogens (primary N) is 1. The zero-order valence-corrected chi connectivity index (χ0v) is 11.6. The zero-order chi connectivity index (χ0) is 14.3. The first kappa shape index (κ1) is 15.3. The Morgan fingerprint density at radius 2 is 1.74 bits per heavy atom. The first-order chi connectivity index (χ1) is 9.08. The van der Waals surface area contributed by atoms with Crippen LogP contribution in [-0.4, -0.2) is 33.3 Å². The van der Waals surface area contributed by atoms with Crippen molar-refractivity contribution in [1.82, 2.24) is 0 Å². The van der Waals surface area contributed by atoms with Gasteiger partial charge in [0.15, 0.2) is 0 Å². The highest BCUT2D eigenvalue weighted by Gasteiger charge is 2.10. The van der Waals surface area contributed by atoms with Crippen LogP contribution in [0.5, 0.6) is 11.5 Å². The minimum Gasteiger partial charge on any atom is -0.497 e. The maximum atomic E-state index is 11.1. The number of rotatable bonds is 7. The Labute approximate surface area is 113 Å². The highest BCUT2D eigenvalue weighted by molar-refractivity contribution is 5.69. The van der Waals surface area contributed by atoms with Crippen LogP contribution in [0.25, 0.3) is 0 Å². The number of esters is 1. The first-order valence-corrected chi connectivity index (χ1v) is 6.13. The molecule has 0 bridgehead atoms. The Balaban J connectivity index is 2.62. The van der Waals surface area contributed by atoms with E-state index in [1.54, 1.807) is 14.2 Å². The maximum absolute atomic E-state index is 11.1. The molecule has 0 fully saturated rings. The lowest BCUT2D eigenvalue weighted by atomic mass is 10.0. The largest absolute Gasteiger partial charge is 0.497 e. The molecule has 1 rings (SSSR count). The molecule has 1 aromatic rings. The van der Waals surface area contributed by atoms with Crippen LogP contribution < -0.4 is 15.2 Å². The van der Waals surface area contributed by atoms with Gasteiger partial charge in [-0.3, -0.25) is 4.79 Å². The molecule has 2 N–H and O–H groups in total. The highest BCUT2D eigenvalue weighted by Crippen LogP contribution is 2.23. The molecule has 0 spiro atoms. The predicted molar refractivity (Wildman–Crippen MR) is 72.5 cm³/mol. The molecule has 0 aliphatic carbocycles. The van der Waals surface area contributed by atoms with E-state index in [2.05, 4.69) is 4.74 Å². The summed E-state index contributed by atoms with van der Waals surface area (Å²) in [5.74, 6) is 1.22. The van der Waals surface area contributed by atoms with Gasteiger partial charge in [-0.1, -0.05) is 0 Å². The molecule has 0 amide bonds. The van der Waals surface area contributed by atoms with Crippen LogP contribution in [0, 0.1) is 0 Å². The van der Waals surface area contributed by atoms with Gasteiger partial charge in [0.25, 0.3) is 0 Å². The fourth-order valence-corrected chi connectivity index (χ4v) is 1.79. The minimum atomic E-state index is -0.237. The Kier molecular flexibility index (Phi) is 6.15. The molecular weight excluding hydrogens is 246 g/mol. The van der Waals surface area contributed by atoms with Crippen molar-refractivity contribution in [2.45, 2.75) is 25.3 Å². The smallest absolute Gasteiger partial charge is 0.305 e. The van der Waals surface area contributed by atoms with Crippen molar-refractivity contribution in [2.24, 2.45) is 5.73 Å². The van der Waals surface area contributed by atoms with Crippen molar-refractivity contribution in [1.29, 1.82) is 0 Å². The number of benzene rings is 1. The Morgan fingerprint density at radius 1 is 1.16 bits per heavy atom. The second kappa shape index (κ2) is 7.63. The van der Waals surface area contributed by atoms with Gasteiger partial charge in [0.2, 0.25) is 0 Å². The van der Waals surface area contributed by atoms with Gasteiger partial charge in [0.05, 0.1) is 21.3 Å². The zero-order valence-electron chi connectivity index (χ0n) is 11.6. The summed E-state index contributed by atoms with van der Waals surface area (Å²) in [4.78, 5) is 11.1. The summed E-state index contributed by atoms with van der Waals surface area (Å²) in [5.41, 5.74) is 7.02. The van der Waals surface area contributed by atoms with E-state index in [1.165, 1.54) is 7.11 Å². The van der Waals surface area contributed by atoms with Crippen LogP contribution in [0.1, 0.15) is 18.4 Å². The molecule has 0 aliphatic rings. The SMILES string of the molecule is COC(=O)CCC(N)Cc1cc(OC)cc(OC)c1. The van der Waals surface area contributed by atoms with Crippen LogP contribution in [-0.2, 0) is 16.0 Å². The lowest BCUT2D eigenvalue weighted by Gasteiger charge is -2.13. The molecule has 1 aromatic carbocycles. The first-order valence-electron chi connectivity index (χ1n) is 6.13. The fraction of sp³-hybridized carbons (Fsp3) is 0.500. The molecule has 0 aliphatic heterocycles. The quantitative estimate of drug-likeness (QED) is 0.758. The summed E-state index contributed by atoms with van der Waals surface area (Å²) in [7, 11) is 4.59. The van der Waals surface area contributed by atoms with Gasteiger partial charge in [-0.15, -0.1) is 0 Å². The second-order valence-electron chi connectivity index (χ2n) is 4.30. The van der Waals surface area contributed by atoms with Crippen LogP contribution in [0.3, 0.4) is 0 Å². The monoisotopic (exact) mass is 267 g/mol. The Bertz CT molecular complexity index is 398. The molecule has 0 radical (unpaired) electrons. The van der Waals surface area contributed by atoms with Crippen LogP contribution in [0.4, 0.5) is 0 Å². The highest BCUT2D eigenvalue weighted by atomic mass is 16.5. The number of carbonyl (C=O) groups excluding carboxylic acids is 1. The van der Waals surface area contributed by atoms with Crippen molar-refractivity contribution in [3.05, 3.63) is 23.8 Å². The third-order valence-corrected chi connectivity index (χ3v) is 2.86. The van der Waals surface area contributed by atoms with Gasteiger partial charge in [0, 0.05) is 18.5 Å². The van der Waals surface area contributed by atoms with E-state index in [0.29, 0.717) is 19.3 Å². The van der Waals surface area contributed by atoms with E-state index in [9.17, 15) is 4.79 Å². The van der Waals surface area contributed by atoms with E-state index in [1.807, 2.05) is 18.2 Å². The second-order valence-corrected chi connectivity index (χ2v) is 4.30. The van der Waals surface area contributed by atoms with Crippen LogP contribution >= 0.6 is 0 Å². The Morgan fingerprint density at radius 3 is 2.21 bits per heavy atom.